The summed E-state index contributed by atoms with van der Waals surface area (Å²) in [6.07, 6.45) is 40.9. The van der Waals surface area contributed by atoms with E-state index in [2.05, 4.69) is 90.9 Å². The number of rotatable bonds is 39. The zero-order valence-electron chi connectivity index (χ0n) is 37.4. The Bertz CT molecular complexity index is 1340. The molecule has 12 nitrogen and oxygen atoms in total. The van der Waals surface area contributed by atoms with Gasteiger partial charge in [0.2, 0.25) is 0 Å². The molecule has 0 aromatic heterocycles. The van der Waals surface area contributed by atoms with Gasteiger partial charge in [-0.1, -0.05) is 170 Å². The molecule has 1 aliphatic heterocycles. The van der Waals surface area contributed by atoms with Crippen LogP contribution < -0.4 is 0 Å². The van der Waals surface area contributed by atoms with E-state index in [0.717, 1.165) is 70.6 Å². The average Bonchev–Trinajstić information content (AvgIpc) is 3.23. The molecule has 1 aliphatic rings. The van der Waals surface area contributed by atoms with Crippen molar-refractivity contribution in [2.75, 3.05) is 26.4 Å². The molecule has 6 unspecified atom stereocenters. The van der Waals surface area contributed by atoms with Crippen LogP contribution in [0.5, 0.6) is 0 Å². The van der Waals surface area contributed by atoms with E-state index in [1.807, 2.05) is 0 Å². The lowest BCUT2D eigenvalue weighted by atomic mass is 9.99. The first-order chi connectivity index (χ1) is 29.6. The second-order valence-electron chi connectivity index (χ2n) is 15.6. The van der Waals surface area contributed by atoms with Gasteiger partial charge in [0.05, 0.1) is 19.8 Å². The van der Waals surface area contributed by atoms with Gasteiger partial charge in [-0.3, -0.25) is 9.35 Å². The molecule has 1 fully saturated rings. The second-order valence-corrected chi connectivity index (χ2v) is 16.7. The third kappa shape index (κ3) is 32.8. The van der Waals surface area contributed by atoms with Crippen LogP contribution in [0.2, 0.25) is 0 Å². The summed E-state index contributed by atoms with van der Waals surface area (Å²) in [6, 6.07) is 0. The highest BCUT2D eigenvalue weighted by atomic mass is 32.3. The number of hydrogen-bond donors (Lipinski definition) is 4. The molecule has 0 radical (unpaired) electrons. The van der Waals surface area contributed by atoms with Crippen molar-refractivity contribution < 1.29 is 56.2 Å². The van der Waals surface area contributed by atoms with E-state index < -0.39 is 59.8 Å². The van der Waals surface area contributed by atoms with Gasteiger partial charge in [0.15, 0.2) is 6.29 Å². The van der Waals surface area contributed by atoms with Crippen LogP contribution in [0.15, 0.2) is 72.9 Å². The summed E-state index contributed by atoms with van der Waals surface area (Å²) >= 11 is 0. The molecule has 0 aromatic carbocycles. The number of aliphatic hydroxyl groups excluding tert-OH is 3. The van der Waals surface area contributed by atoms with Crippen LogP contribution in [0.3, 0.4) is 0 Å². The normalized spacial score (nSPS) is 20.8. The Balaban J connectivity index is 2.47. The minimum absolute atomic E-state index is 0.00591. The van der Waals surface area contributed by atoms with Crippen molar-refractivity contribution in [1.82, 2.24) is 0 Å². The maximum absolute atomic E-state index is 12.8. The van der Waals surface area contributed by atoms with Crippen LogP contribution in [0, 0.1) is 0 Å². The molecule has 0 saturated carbocycles. The molecule has 6 atom stereocenters. The van der Waals surface area contributed by atoms with Crippen molar-refractivity contribution in [3.05, 3.63) is 72.9 Å². The average molecular weight is 883 g/mol. The summed E-state index contributed by atoms with van der Waals surface area (Å²) in [7, 11) is -5.07. The first-order valence-electron chi connectivity index (χ1n) is 23.2. The van der Waals surface area contributed by atoms with Gasteiger partial charge in [0, 0.05) is 13.0 Å². The lowest BCUT2D eigenvalue weighted by molar-refractivity contribution is -0.301. The fourth-order valence-corrected chi connectivity index (χ4v) is 7.14. The molecule has 13 heteroatoms. The molecule has 0 aromatic rings. The van der Waals surface area contributed by atoms with E-state index in [-0.39, 0.29) is 19.6 Å². The smallest absolute Gasteiger partial charge is 0.397 e. The number of allylic oxidation sites excluding steroid dienone is 12. The Morgan fingerprint density at radius 3 is 1.59 bits per heavy atom. The highest BCUT2D eigenvalue weighted by molar-refractivity contribution is 7.80. The number of ether oxygens (including phenoxy) is 4. The second kappa shape index (κ2) is 39.2. The van der Waals surface area contributed by atoms with E-state index in [1.165, 1.54) is 64.2 Å². The van der Waals surface area contributed by atoms with Crippen LogP contribution in [0.1, 0.15) is 162 Å². The summed E-state index contributed by atoms with van der Waals surface area (Å²) in [4.78, 5) is 12.8. The molecule has 1 saturated heterocycles. The van der Waals surface area contributed by atoms with E-state index in [1.54, 1.807) is 0 Å². The number of carbonyl (C=O) groups excluding carboxylic acids is 1. The Morgan fingerprint density at radius 2 is 1.11 bits per heavy atom. The van der Waals surface area contributed by atoms with Gasteiger partial charge in [-0.05, 0) is 57.8 Å². The minimum atomic E-state index is -5.07. The van der Waals surface area contributed by atoms with E-state index >= 15 is 0 Å². The quantitative estimate of drug-likeness (QED) is 0.0199. The predicted molar refractivity (Wildman–Crippen MR) is 243 cm³/mol. The molecule has 4 N–H and O–H groups in total. The monoisotopic (exact) mass is 883 g/mol. The Kier molecular flexibility index (Phi) is 36.3. The molecular weight excluding hydrogens is 801 g/mol. The number of carbonyl (C=O) groups is 1. The summed E-state index contributed by atoms with van der Waals surface area (Å²) in [5.41, 5.74) is 0. The van der Waals surface area contributed by atoms with Gasteiger partial charge >= 0.3 is 16.4 Å². The Labute approximate surface area is 369 Å². The number of unbranched alkanes of at least 4 members (excludes halogenated alkanes) is 14. The maximum Gasteiger partial charge on any atom is 0.397 e. The molecule has 0 bridgehead atoms. The molecule has 0 amide bonds. The molecule has 0 aliphatic carbocycles. The van der Waals surface area contributed by atoms with Gasteiger partial charge in [0.25, 0.3) is 0 Å². The SMILES string of the molecule is CC/C=C\C/C=C\C/C=C\C/C=C\C/C=C\C/C=C\CCCOCC(COC1OC(CO)C(O)C(OS(=O)(=O)O)C1O)OC(=O)CCCCCCCCCCCCCCCC. The van der Waals surface area contributed by atoms with Crippen molar-refractivity contribution in [2.45, 2.75) is 198 Å². The van der Waals surface area contributed by atoms with Crippen molar-refractivity contribution in [3.63, 3.8) is 0 Å². The molecule has 61 heavy (non-hydrogen) atoms. The number of aliphatic hydroxyl groups is 3. The highest BCUT2D eigenvalue weighted by Gasteiger charge is 2.48. The zero-order valence-corrected chi connectivity index (χ0v) is 38.3. The molecule has 0 spiro atoms. The Morgan fingerprint density at radius 1 is 0.639 bits per heavy atom. The number of esters is 1. The molecule has 1 rings (SSSR count). The summed E-state index contributed by atoms with van der Waals surface area (Å²) in [5, 5.41) is 30.7. The van der Waals surface area contributed by atoms with Crippen LogP contribution in [-0.2, 0) is 38.3 Å². The number of hydrogen-bond acceptors (Lipinski definition) is 11. The van der Waals surface area contributed by atoms with Crippen molar-refractivity contribution in [3.8, 4) is 0 Å². The maximum atomic E-state index is 12.8. The van der Waals surface area contributed by atoms with Crippen LogP contribution >= 0.6 is 0 Å². The summed E-state index contributed by atoms with van der Waals surface area (Å²) < 4.78 is 59.0. The molecule has 352 valence electrons. The van der Waals surface area contributed by atoms with E-state index in [9.17, 15) is 28.5 Å². The van der Waals surface area contributed by atoms with Crippen molar-refractivity contribution in [2.24, 2.45) is 0 Å². The van der Waals surface area contributed by atoms with Crippen LogP contribution in [0.25, 0.3) is 0 Å². The molecule has 1 heterocycles. The summed E-state index contributed by atoms with van der Waals surface area (Å²) in [5.74, 6) is -0.421. The van der Waals surface area contributed by atoms with E-state index in [0.29, 0.717) is 13.0 Å². The van der Waals surface area contributed by atoms with Crippen molar-refractivity contribution in [1.29, 1.82) is 0 Å². The van der Waals surface area contributed by atoms with Crippen molar-refractivity contribution >= 4 is 16.4 Å². The lowest BCUT2D eigenvalue weighted by Gasteiger charge is -2.41. The van der Waals surface area contributed by atoms with Gasteiger partial charge in [-0.15, -0.1) is 0 Å². The largest absolute Gasteiger partial charge is 0.457 e. The van der Waals surface area contributed by atoms with Gasteiger partial charge < -0.3 is 34.3 Å². The Hall–Kier alpha value is -2.46. The first kappa shape index (κ1) is 56.6. The topological polar surface area (TPSA) is 178 Å². The summed E-state index contributed by atoms with van der Waals surface area (Å²) in [6.45, 7) is 3.71. The fraction of sp³-hybridized carbons (Fsp3) is 0.729. The van der Waals surface area contributed by atoms with Gasteiger partial charge in [0.1, 0.15) is 30.5 Å². The van der Waals surface area contributed by atoms with Gasteiger partial charge in [-0.2, -0.15) is 8.42 Å². The standard InChI is InChI=1S/C48H82O12S/c1-3-5-7-9-11-13-15-17-19-20-21-22-23-24-26-28-30-32-34-36-38-56-40-42(41-57-48-46(52)47(60-61(53,54)55)45(51)43(39-49)59-48)58-44(50)37-35-33-31-29-27-25-18-16-14-12-10-8-6-4-2/h5,7,11,13,17,19,21-22,24,26,30,32,42-43,45-49,51-52H,3-4,6,8-10,12,14-16,18,20,23,25,27-29,31,33-41H2,1-2H3,(H,53,54,55)/b7-5-,13-11-,19-17-,22-21-,26-24-,32-30-. The highest BCUT2D eigenvalue weighted by Crippen LogP contribution is 2.26. The minimum Gasteiger partial charge on any atom is -0.457 e. The fourth-order valence-electron chi connectivity index (χ4n) is 6.63. The van der Waals surface area contributed by atoms with E-state index in [4.69, 9.17) is 23.5 Å². The van der Waals surface area contributed by atoms with Crippen LogP contribution in [-0.4, -0.2) is 97.5 Å². The lowest BCUT2D eigenvalue weighted by Crippen LogP contribution is -2.60. The third-order valence-corrected chi connectivity index (χ3v) is 10.6. The molecular formula is C48H82O12S. The predicted octanol–water partition coefficient (Wildman–Crippen LogP) is 9.91. The van der Waals surface area contributed by atoms with Crippen LogP contribution in [0.4, 0.5) is 0 Å². The van der Waals surface area contributed by atoms with Gasteiger partial charge in [-0.25, -0.2) is 4.18 Å². The third-order valence-electron chi connectivity index (χ3n) is 10.1. The zero-order chi connectivity index (χ0) is 44.7. The first-order valence-corrected chi connectivity index (χ1v) is 24.6.